The van der Waals surface area contributed by atoms with E-state index < -0.39 is 118 Å². The Morgan fingerprint density at radius 2 is 1.29 bits per heavy atom. The minimum absolute atomic E-state index is 0.0308. The second-order valence-corrected chi connectivity index (χ2v) is 23.4. The molecule has 3 saturated carbocycles. The summed E-state index contributed by atoms with van der Waals surface area (Å²) < 4.78 is 90.0. The highest BCUT2D eigenvalue weighted by Crippen LogP contribution is 2.68. The Balaban J connectivity index is 1.05. The summed E-state index contributed by atoms with van der Waals surface area (Å²) in [4.78, 5) is 91.4. The number of halogens is 2. The summed E-state index contributed by atoms with van der Waals surface area (Å²) in [7, 11) is -26.5. The minimum Gasteiger partial charge on any atom is -0.390 e. The van der Waals surface area contributed by atoms with Gasteiger partial charge in [0.1, 0.15) is 18.9 Å². The van der Waals surface area contributed by atoms with E-state index in [-0.39, 0.29) is 51.0 Å². The highest BCUT2D eigenvalue weighted by molar-refractivity contribution is 7.66. The van der Waals surface area contributed by atoms with Crippen LogP contribution in [0.2, 0.25) is 10.6 Å². The zero-order valence-corrected chi connectivity index (χ0v) is 39.0. The van der Waals surface area contributed by atoms with E-state index >= 15 is 0 Å². The van der Waals surface area contributed by atoms with Crippen molar-refractivity contribution < 1.29 is 99.1 Å². The van der Waals surface area contributed by atoms with E-state index in [1.54, 1.807) is 13.1 Å². The van der Waals surface area contributed by atoms with Gasteiger partial charge in [0.15, 0.2) is 34.0 Å². The Kier molecular flexibility index (Phi) is 13.2. The number of aliphatic hydroxyl groups is 3. The van der Waals surface area contributed by atoms with E-state index in [2.05, 4.69) is 53.5 Å². The number of nitrogens with zero attached hydrogens (tertiary/aromatic N) is 8. The molecule has 3 unspecified atom stereocenters. The molecule has 364 valence electrons. The van der Waals surface area contributed by atoms with Crippen LogP contribution in [0.3, 0.4) is 0 Å². The van der Waals surface area contributed by atoms with E-state index in [0.717, 1.165) is 0 Å². The first-order chi connectivity index (χ1) is 30.6. The van der Waals surface area contributed by atoms with Gasteiger partial charge in [0.25, 0.3) is 0 Å². The summed E-state index contributed by atoms with van der Waals surface area (Å²) >= 11 is 12.6. The van der Waals surface area contributed by atoms with Crippen LogP contribution in [0, 0.1) is 22.7 Å². The van der Waals surface area contributed by atoms with Gasteiger partial charge >= 0.3 is 39.1 Å². The van der Waals surface area contributed by atoms with Crippen LogP contribution >= 0.6 is 62.3 Å². The molecule has 8 rings (SSSR count). The molecule has 4 aliphatic carbocycles. The molecule has 13 atom stereocenters. The first-order valence-corrected chi connectivity index (χ1v) is 27.0. The van der Waals surface area contributed by atoms with E-state index in [1.165, 1.54) is 27.9 Å². The lowest BCUT2D eigenvalue weighted by atomic mass is 9.60. The molecule has 0 radical (unpaired) electrons. The summed E-state index contributed by atoms with van der Waals surface area (Å²) in [6.07, 6.45) is 0.0410. The average Bonchev–Trinajstić information content (AvgIpc) is 3.84. The molecule has 66 heavy (non-hydrogen) atoms. The Morgan fingerprint density at radius 1 is 0.742 bits per heavy atom. The van der Waals surface area contributed by atoms with Crippen molar-refractivity contribution in [2.75, 3.05) is 37.6 Å². The van der Waals surface area contributed by atoms with Gasteiger partial charge in [0.05, 0.1) is 50.2 Å². The van der Waals surface area contributed by atoms with Crippen LogP contribution in [-0.2, 0) is 49.5 Å². The van der Waals surface area contributed by atoms with Crippen LogP contribution in [0.1, 0.15) is 24.9 Å². The summed E-state index contributed by atoms with van der Waals surface area (Å²) in [5, 5.41) is 39.7. The van der Waals surface area contributed by atoms with Gasteiger partial charge in [-0.25, -0.2) is 32.8 Å². The Bertz CT molecular complexity index is 2850. The van der Waals surface area contributed by atoms with Gasteiger partial charge < -0.3 is 74.1 Å². The Morgan fingerprint density at radius 3 is 1.83 bits per heavy atom. The monoisotopic (exact) mass is 1070 g/mol. The highest BCUT2D eigenvalue weighted by atomic mass is 35.5. The molecule has 0 aliphatic heterocycles. The predicted octanol–water partition coefficient (Wildman–Crippen LogP) is 1.10. The molecule has 0 spiro atoms. The van der Waals surface area contributed by atoms with Crippen LogP contribution in [0.4, 0.5) is 11.6 Å². The molecular weight excluding hydrogens is 1040 g/mol. The normalized spacial score (nSPS) is 32.3. The SMILES string of the molecule is CNc1nc(Cl)nc2c1ncn2[C@H]1[C@H](OCNc2nc(Cl)nc3c2ncn3[C@H]2[C@H](O)[C@H](O)[C@]3(COP(=O)(O)OP(=O)(O)O)CC[C@H]23)[C@H](O)[C@]2(COP(=O)(O)OP(=O)(O)OP(=O)(O)O)C=C[C@H]12. The van der Waals surface area contributed by atoms with Crippen molar-refractivity contribution in [3.63, 3.8) is 0 Å². The average molecular weight is 1080 g/mol. The maximum atomic E-state index is 12.8. The molecule has 3 fully saturated rings. The number of allylic oxidation sites excluding steroid dienone is 1. The van der Waals surface area contributed by atoms with Crippen LogP contribution in [0.15, 0.2) is 24.8 Å². The summed E-state index contributed by atoms with van der Waals surface area (Å²) in [6.45, 7) is -2.15. The lowest BCUT2D eigenvalue weighted by Crippen LogP contribution is -2.49. The fourth-order valence-electron chi connectivity index (χ4n) is 9.15. The molecule has 4 heterocycles. The van der Waals surface area contributed by atoms with Crippen molar-refractivity contribution in [3.05, 3.63) is 35.4 Å². The predicted molar refractivity (Wildman–Crippen MR) is 219 cm³/mol. The maximum Gasteiger partial charge on any atom is 0.490 e. The number of aromatic nitrogens is 8. The first-order valence-electron chi connectivity index (χ1n) is 18.7. The topological polar surface area (TPSA) is 454 Å². The molecule has 0 aromatic carbocycles. The standard InChI is InChI=1S/C28H37Cl2N10O21P5/c1-31-21-13-23(37-25(29)35-21)40(9-32-13)16-12-3-5-28(12,7-58-65(52,53)61-66(54,55)60-63(47,48)49)20(43)18(16)56-10-34-22-14-24(38-26(30)36-22)39(8-33-14)15-11-2-4-27(11,19(42)17(15)41)6-57-64(50,51)59-62(44,45)46/h3,5,8-9,11-12,15-20,41-43H,2,4,6-7,10H2,1H3,(H,50,51)(H,52,53)(H,54,55)(H,31,35,37)(H,34,36,38)(H2,44,45,46)(H2,47,48,49)/t11-,12-,15-,16-,17+,18+,19+,20+,27+,28+/m1/s1. The van der Waals surface area contributed by atoms with Gasteiger partial charge in [0.2, 0.25) is 10.6 Å². The van der Waals surface area contributed by atoms with Gasteiger partial charge in [0, 0.05) is 23.8 Å². The van der Waals surface area contributed by atoms with E-state index in [9.17, 15) is 52.8 Å². The van der Waals surface area contributed by atoms with Crippen molar-refractivity contribution in [1.29, 1.82) is 0 Å². The largest absolute Gasteiger partial charge is 0.490 e. The lowest BCUT2D eigenvalue weighted by Gasteiger charge is -2.47. The van der Waals surface area contributed by atoms with Crippen molar-refractivity contribution in [1.82, 2.24) is 39.0 Å². The number of phosphoric acid groups is 5. The van der Waals surface area contributed by atoms with Crippen molar-refractivity contribution in [3.8, 4) is 0 Å². The zero-order chi connectivity index (χ0) is 48.2. The molecule has 0 bridgehead atoms. The van der Waals surface area contributed by atoms with Gasteiger partial charge in [-0.15, -0.1) is 0 Å². The third kappa shape index (κ3) is 9.32. The number of nitrogens with one attached hydrogen (secondary N) is 2. The molecule has 0 saturated heterocycles. The molecule has 0 amide bonds. The molecular formula is C28H37Cl2N10O21P5. The maximum absolute atomic E-state index is 12.8. The summed E-state index contributed by atoms with van der Waals surface area (Å²) in [6, 6.07) is -1.99. The van der Waals surface area contributed by atoms with E-state index in [4.69, 9.17) is 56.6 Å². The molecule has 4 aromatic rings. The first kappa shape index (κ1) is 49.9. The second-order valence-electron chi connectivity index (χ2n) is 15.4. The van der Waals surface area contributed by atoms with Crippen molar-refractivity contribution in [2.45, 2.75) is 49.3 Å². The molecule has 4 aromatic heterocycles. The number of ether oxygens (including phenoxy) is 1. The fourth-order valence-corrected chi connectivity index (χ4v) is 14.2. The quantitative estimate of drug-likeness (QED) is 0.0271. The lowest BCUT2D eigenvalue weighted by molar-refractivity contribution is -0.0967. The summed E-state index contributed by atoms with van der Waals surface area (Å²) in [5.41, 5.74) is -2.52. The number of anilines is 2. The number of hydrogen-bond donors (Lipinski definition) is 12. The number of hydrogen-bond acceptors (Lipinski definition) is 22. The molecule has 12 N–H and O–H groups in total. The Hall–Kier alpha value is -2.47. The number of fused-ring (bicyclic) bond motifs is 4. The van der Waals surface area contributed by atoms with Gasteiger partial charge in [-0.3, -0.25) is 9.05 Å². The van der Waals surface area contributed by atoms with Crippen LogP contribution in [0.5, 0.6) is 0 Å². The molecule has 38 heteroatoms. The zero-order valence-electron chi connectivity index (χ0n) is 33.0. The number of imidazole rings is 2. The van der Waals surface area contributed by atoms with Crippen LogP contribution in [0.25, 0.3) is 22.3 Å². The van der Waals surface area contributed by atoms with Crippen molar-refractivity contribution in [2.24, 2.45) is 22.7 Å². The minimum atomic E-state index is -5.89. The van der Waals surface area contributed by atoms with E-state index in [0.29, 0.717) is 6.42 Å². The smallest absolute Gasteiger partial charge is 0.390 e. The third-order valence-corrected chi connectivity index (χ3v) is 18.2. The van der Waals surface area contributed by atoms with Crippen LogP contribution < -0.4 is 10.6 Å². The Labute approximate surface area is 378 Å². The fraction of sp³-hybridized carbons (Fsp3) is 0.571. The van der Waals surface area contributed by atoms with Gasteiger partial charge in [-0.05, 0) is 42.0 Å². The van der Waals surface area contributed by atoms with Crippen molar-refractivity contribution >= 4 is 96.3 Å². The summed E-state index contributed by atoms with van der Waals surface area (Å²) in [5.74, 6) is -1.34. The highest BCUT2D eigenvalue weighted by Gasteiger charge is 2.66. The number of aliphatic hydroxyl groups excluding tert-OH is 3. The molecule has 4 aliphatic rings. The van der Waals surface area contributed by atoms with Gasteiger partial charge in [-0.2, -0.15) is 32.9 Å². The van der Waals surface area contributed by atoms with Crippen LogP contribution in [-0.4, -0.2) is 140 Å². The second kappa shape index (κ2) is 17.4. The van der Waals surface area contributed by atoms with Gasteiger partial charge in [-0.1, -0.05) is 12.2 Å². The third-order valence-electron chi connectivity index (χ3n) is 11.9. The number of phosphoric ester groups is 2. The van der Waals surface area contributed by atoms with E-state index in [1.807, 2.05) is 0 Å². The number of rotatable bonds is 19. The molecule has 31 nitrogen and oxygen atoms in total.